The molecule has 0 atom stereocenters. The number of para-hydroxylation sites is 1. The van der Waals surface area contributed by atoms with Gasteiger partial charge < -0.3 is 9.83 Å². The summed E-state index contributed by atoms with van der Waals surface area (Å²) < 4.78 is 1.21. The van der Waals surface area contributed by atoms with Gasteiger partial charge in [0.25, 0.3) is 0 Å². The fourth-order valence-corrected chi connectivity index (χ4v) is 2.50. The standard InChI is InChI=1S/C14H15BINO/c1-15(18)17(14-8-3-2-4-9-14)11-12-6-5-7-13(16)10-12/h2-10,18H,11H2,1H3. The van der Waals surface area contributed by atoms with E-state index in [1.807, 2.05) is 41.2 Å². The van der Waals surface area contributed by atoms with Crippen LogP contribution < -0.4 is 4.81 Å². The van der Waals surface area contributed by atoms with Gasteiger partial charge in [0.15, 0.2) is 0 Å². The van der Waals surface area contributed by atoms with Crippen LogP contribution in [0, 0.1) is 3.57 Å². The first-order chi connectivity index (χ1) is 8.66. The van der Waals surface area contributed by atoms with Gasteiger partial charge in [-0.25, -0.2) is 0 Å². The van der Waals surface area contributed by atoms with Gasteiger partial charge in [-0.2, -0.15) is 0 Å². The fourth-order valence-electron chi connectivity index (χ4n) is 1.89. The number of halogens is 1. The van der Waals surface area contributed by atoms with Crippen LogP contribution >= 0.6 is 22.6 Å². The Morgan fingerprint density at radius 2 is 1.83 bits per heavy atom. The van der Waals surface area contributed by atoms with Crippen molar-refractivity contribution in [1.82, 2.24) is 0 Å². The molecule has 4 heteroatoms. The van der Waals surface area contributed by atoms with E-state index in [0.29, 0.717) is 6.54 Å². The zero-order chi connectivity index (χ0) is 13.0. The molecular weight excluding hydrogens is 336 g/mol. The molecule has 18 heavy (non-hydrogen) atoms. The summed E-state index contributed by atoms with van der Waals surface area (Å²) in [6, 6.07) is 18.3. The van der Waals surface area contributed by atoms with Gasteiger partial charge in [0.2, 0.25) is 0 Å². The van der Waals surface area contributed by atoms with Gasteiger partial charge in [-0.3, -0.25) is 0 Å². The lowest BCUT2D eigenvalue weighted by atomic mass is 9.83. The Hall–Kier alpha value is -1.01. The highest BCUT2D eigenvalue weighted by molar-refractivity contribution is 14.1. The van der Waals surface area contributed by atoms with Crippen molar-refractivity contribution in [1.29, 1.82) is 0 Å². The van der Waals surface area contributed by atoms with Crippen molar-refractivity contribution in [3.05, 3.63) is 63.7 Å². The van der Waals surface area contributed by atoms with Crippen LogP contribution in [0.15, 0.2) is 54.6 Å². The molecule has 2 nitrogen and oxygen atoms in total. The molecule has 0 bridgehead atoms. The van der Waals surface area contributed by atoms with Crippen molar-refractivity contribution in [2.75, 3.05) is 4.81 Å². The van der Waals surface area contributed by atoms with Gasteiger partial charge in [0.1, 0.15) is 0 Å². The van der Waals surface area contributed by atoms with Crippen LogP contribution in [-0.2, 0) is 6.54 Å². The smallest absolute Gasteiger partial charge is 0.409 e. The minimum Gasteiger partial charge on any atom is -0.432 e. The minimum atomic E-state index is -0.509. The molecule has 0 saturated heterocycles. The van der Waals surface area contributed by atoms with Crippen LogP contribution in [-0.4, -0.2) is 12.1 Å². The zero-order valence-electron chi connectivity index (χ0n) is 10.3. The van der Waals surface area contributed by atoms with E-state index in [0.717, 1.165) is 5.69 Å². The lowest BCUT2D eigenvalue weighted by molar-refractivity contribution is 0.569. The number of rotatable bonds is 4. The van der Waals surface area contributed by atoms with E-state index in [2.05, 4.69) is 40.8 Å². The van der Waals surface area contributed by atoms with Crippen LogP contribution in [0.2, 0.25) is 6.82 Å². The molecule has 0 saturated carbocycles. The molecule has 0 amide bonds. The Kier molecular flexibility index (Phi) is 4.66. The average Bonchev–Trinajstić information content (AvgIpc) is 2.37. The Labute approximate surface area is 122 Å². The lowest BCUT2D eigenvalue weighted by Gasteiger charge is -2.26. The van der Waals surface area contributed by atoms with Crippen molar-refractivity contribution in [3.63, 3.8) is 0 Å². The van der Waals surface area contributed by atoms with Crippen molar-refractivity contribution in [3.8, 4) is 0 Å². The molecule has 2 aromatic carbocycles. The highest BCUT2D eigenvalue weighted by Gasteiger charge is 2.16. The Balaban J connectivity index is 2.22. The normalized spacial score (nSPS) is 10.2. The molecule has 92 valence electrons. The number of hydrogen-bond donors (Lipinski definition) is 1. The number of anilines is 1. The maximum absolute atomic E-state index is 9.92. The first-order valence-corrected chi connectivity index (χ1v) is 6.99. The third-order valence-electron chi connectivity index (χ3n) is 2.78. The zero-order valence-corrected chi connectivity index (χ0v) is 12.4. The van der Waals surface area contributed by atoms with Crippen molar-refractivity contribution in [2.24, 2.45) is 0 Å². The van der Waals surface area contributed by atoms with Crippen molar-refractivity contribution >= 4 is 35.3 Å². The third-order valence-corrected chi connectivity index (χ3v) is 3.45. The highest BCUT2D eigenvalue weighted by atomic mass is 127. The van der Waals surface area contributed by atoms with Crippen LogP contribution in [0.5, 0.6) is 0 Å². The quantitative estimate of drug-likeness (QED) is 0.674. The van der Waals surface area contributed by atoms with Crippen molar-refractivity contribution in [2.45, 2.75) is 13.4 Å². The number of benzene rings is 2. The first-order valence-electron chi connectivity index (χ1n) is 5.91. The van der Waals surface area contributed by atoms with E-state index in [-0.39, 0.29) is 0 Å². The second-order valence-corrected chi connectivity index (χ2v) is 5.47. The monoisotopic (exact) mass is 351 g/mol. The van der Waals surface area contributed by atoms with Gasteiger partial charge >= 0.3 is 7.05 Å². The van der Waals surface area contributed by atoms with E-state index in [4.69, 9.17) is 0 Å². The predicted octanol–water partition coefficient (Wildman–Crippen LogP) is 3.41. The summed E-state index contributed by atoms with van der Waals surface area (Å²) in [7, 11) is -0.509. The summed E-state index contributed by atoms with van der Waals surface area (Å²) in [5.74, 6) is 0. The van der Waals surface area contributed by atoms with Gasteiger partial charge in [0, 0.05) is 15.8 Å². The Morgan fingerprint density at radius 3 is 2.44 bits per heavy atom. The minimum absolute atomic E-state index is 0.509. The molecule has 0 fully saturated rings. The third kappa shape index (κ3) is 3.49. The molecule has 1 N–H and O–H groups in total. The van der Waals surface area contributed by atoms with Crippen LogP contribution in [0.3, 0.4) is 0 Å². The lowest BCUT2D eigenvalue weighted by Crippen LogP contribution is -2.36. The molecule has 0 spiro atoms. The average molecular weight is 351 g/mol. The van der Waals surface area contributed by atoms with E-state index in [9.17, 15) is 5.02 Å². The van der Waals surface area contributed by atoms with Crippen LogP contribution in [0.4, 0.5) is 5.69 Å². The summed E-state index contributed by atoms with van der Waals surface area (Å²) >= 11 is 2.30. The fraction of sp³-hybridized carbons (Fsp3) is 0.143. The topological polar surface area (TPSA) is 23.5 Å². The largest absolute Gasteiger partial charge is 0.432 e. The molecule has 0 aromatic heterocycles. The van der Waals surface area contributed by atoms with Gasteiger partial charge in [-0.1, -0.05) is 30.3 Å². The molecule has 0 aliphatic heterocycles. The van der Waals surface area contributed by atoms with E-state index >= 15 is 0 Å². The summed E-state index contributed by atoms with van der Waals surface area (Å²) in [5, 5.41) is 9.92. The maximum atomic E-state index is 9.92. The molecule has 0 unspecified atom stereocenters. The number of hydrogen-bond acceptors (Lipinski definition) is 2. The van der Waals surface area contributed by atoms with Crippen LogP contribution in [0.25, 0.3) is 0 Å². The summed E-state index contributed by atoms with van der Waals surface area (Å²) in [4.78, 5) is 1.98. The SMILES string of the molecule is CB(O)N(Cc1cccc(I)c1)c1ccccc1. The van der Waals surface area contributed by atoms with Crippen LogP contribution in [0.1, 0.15) is 5.56 Å². The van der Waals surface area contributed by atoms with E-state index < -0.39 is 7.05 Å². The molecular formula is C14H15BINO. The molecule has 0 aliphatic rings. The second kappa shape index (κ2) is 6.25. The number of nitrogens with zero attached hydrogens (tertiary/aromatic N) is 1. The van der Waals surface area contributed by atoms with Gasteiger partial charge in [-0.05, 0) is 59.2 Å². The van der Waals surface area contributed by atoms with Crippen molar-refractivity contribution < 1.29 is 5.02 Å². The molecule has 2 rings (SSSR count). The molecule has 2 aromatic rings. The summed E-state index contributed by atoms with van der Waals surface area (Å²) in [5.41, 5.74) is 2.23. The summed E-state index contributed by atoms with van der Waals surface area (Å²) in [6.07, 6.45) is 0. The van der Waals surface area contributed by atoms with Gasteiger partial charge in [-0.15, -0.1) is 0 Å². The Bertz CT molecular complexity index is 504. The molecule has 0 aliphatic carbocycles. The van der Waals surface area contributed by atoms with E-state index in [1.165, 1.54) is 9.13 Å². The maximum Gasteiger partial charge on any atom is 0.409 e. The first kappa shape index (κ1) is 13.4. The predicted molar refractivity (Wildman–Crippen MR) is 85.6 cm³/mol. The Morgan fingerprint density at radius 1 is 1.11 bits per heavy atom. The van der Waals surface area contributed by atoms with E-state index in [1.54, 1.807) is 6.82 Å². The molecule has 0 radical (unpaired) electrons. The van der Waals surface area contributed by atoms with Gasteiger partial charge in [0.05, 0.1) is 0 Å². The second-order valence-electron chi connectivity index (χ2n) is 4.23. The highest BCUT2D eigenvalue weighted by Crippen LogP contribution is 2.18. The molecule has 0 heterocycles. The summed E-state index contributed by atoms with van der Waals surface area (Å²) in [6.45, 7) is 2.50.